The SMILES string of the molecule is COCCOCCOCCN(CCN)C1CC1. The van der Waals surface area contributed by atoms with Crippen LogP contribution in [0.5, 0.6) is 0 Å². The smallest absolute Gasteiger partial charge is 0.0701 e. The molecule has 1 saturated carbocycles. The minimum Gasteiger partial charge on any atom is -0.382 e. The van der Waals surface area contributed by atoms with Crippen molar-refractivity contribution in [3.05, 3.63) is 0 Å². The average molecular weight is 246 g/mol. The minimum atomic E-state index is 0.640. The molecule has 17 heavy (non-hydrogen) atoms. The Kier molecular flexibility index (Phi) is 8.56. The fourth-order valence-corrected chi connectivity index (χ4v) is 1.73. The zero-order chi connectivity index (χ0) is 12.3. The molecule has 5 heteroatoms. The summed E-state index contributed by atoms with van der Waals surface area (Å²) in [4.78, 5) is 2.42. The van der Waals surface area contributed by atoms with E-state index in [9.17, 15) is 0 Å². The van der Waals surface area contributed by atoms with Gasteiger partial charge in [-0.15, -0.1) is 0 Å². The second-order valence-electron chi connectivity index (χ2n) is 4.27. The zero-order valence-electron chi connectivity index (χ0n) is 10.9. The molecule has 0 atom stereocenters. The molecule has 0 unspecified atom stereocenters. The summed E-state index contributed by atoms with van der Waals surface area (Å²) in [5.74, 6) is 0. The van der Waals surface area contributed by atoms with Gasteiger partial charge >= 0.3 is 0 Å². The molecule has 0 aliphatic heterocycles. The van der Waals surface area contributed by atoms with E-state index in [2.05, 4.69) is 4.90 Å². The van der Waals surface area contributed by atoms with Gasteiger partial charge in [-0.05, 0) is 12.8 Å². The topological polar surface area (TPSA) is 57.0 Å². The normalized spacial score (nSPS) is 15.7. The molecule has 0 saturated heterocycles. The molecule has 0 spiro atoms. The van der Waals surface area contributed by atoms with Crippen LogP contribution in [0, 0.1) is 0 Å². The van der Waals surface area contributed by atoms with Crippen molar-refractivity contribution >= 4 is 0 Å². The monoisotopic (exact) mass is 246 g/mol. The summed E-state index contributed by atoms with van der Waals surface area (Å²) in [5.41, 5.74) is 5.58. The van der Waals surface area contributed by atoms with E-state index < -0.39 is 0 Å². The van der Waals surface area contributed by atoms with Crippen LogP contribution in [0.25, 0.3) is 0 Å². The highest BCUT2D eigenvalue weighted by Crippen LogP contribution is 2.25. The van der Waals surface area contributed by atoms with Gasteiger partial charge in [0.1, 0.15) is 0 Å². The summed E-state index contributed by atoms with van der Waals surface area (Å²) < 4.78 is 15.7. The van der Waals surface area contributed by atoms with E-state index >= 15 is 0 Å². The minimum absolute atomic E-state index is 0.640. The fraction of sp³-hybridized carbons (Fsp3) is 1.00. The van der Waals surface area contributed by atoms with E-state index in [0.717, 1.165) is 32.3 Å². The van der Waals surface area contributed by atoms with Crippen LogP contribution in [-0.4, -0.2) is 70.7 Å². The summed E-state index contributed by atoms with van der Waals surface area (Å²) >= 11 is 0. The summed E-state index contributed by atoms with van der Waals surface area (Å²) in [6.45, 7) is 6.06. The fourth-order valence-electron chi connectivity index (χ4n) is 1.73. The molecule has 1 fully saturated rings. The van der Waals surface area contributed by atoms with Gasteiger partial charge in [0.25, 0.3) is 0 Å². The standard InChI is InChI=1S/C12H26N2O3/c1-15-8-9-17-11-10-16-7-6-14(5-4-13)12-2-3-12/h12H,2-11,13H2,1H3. The van der Waals surface area contributed by atoms with Gasteiger partial charge in [-0.1, -0.05) is 0 Å². The van der Waals surface area contributed by atoms with E-state index in [-0.39, 0.29) is 0 Å². The van der Waals surface area contributed by atoms with E-state index in [4.69, 9.17) is 19.9 Å². The predicted molar refractivity (Wildman–Crippen MR) is 67.2 cm³/mol. The Labute approximate surface area is 104 Å². The lowest BCUT2D eigenvalue weighted by Gasteiger charge is -2.20. The molecule has 1 aliphatic carbocycles. The van der Waals surface area contributed by atoms with Gasteiger partial charge in [0.2, 0.25) is 0 Å². The highest BCUT2D eigenvalue weighted by molar-refractivity contribution is 4.84. The van der Waals surface area contributed by atoms with Crippen LogP contribution >= 0.6 is 0 Å². The van der Waals surface area contributed by atoms with Gasteiger partial charge in [0, 0.05) is 32.8 Å². The van der Waals surface area contributed by atoms with E-state index in [1.54, 1.807) is 7.11 Å². The van der Waals surface area contributed by atoms with Crippen molar-refractivity contribution in [2.75, 3.05) is 59.8 Å². The van der Waals surface area contributed by atoms with Gasteiger partial charge in [-0.3, -0.25) is 4.90 Å². The van der Waals surface area contributed by atoms with Crippen LogP contribution in [0.4, 0.5) is 0 Å². The quantitative estimate of drug-likeness (QED) is 0.495. The first-order valence-corrected chi connectivity index (χ1v) is 6.47. The van der Waals surface area contributed by atoms with E-state index in [0.29, 0.717) is 26.4 Å². The third kappa shape index (κ3) is 7.68. The van der Waals surface area contributed by atoms with Gasteiger partial charge in [0.05, 0.1) is 33.0 Å². The van der Waals surface area contributed by atoms with Crippen LogP contribution < -0.4 is 5.73 Å². The van der Waals surface area contributed by atoms with Gasteiger partial charge < -0.3 is 19.9 Å². The van der Waals surface area contributed by atoms with E-state index in [1.165, 1.54) is 12.8 Å². The Hall–Kier alpha value is -0.200. The lowest BCUT2D eigenvalue weighted by molar-refractivity contribution is 0.0191. The van der Waals surface area contributed by atoms with Crippen molar-refractivity contribution < 1.29 is 14.2 Å². The van der Waals surface area contributed by atoms with Crippen molar-refractivity contribution in [1.82, 2.24) is 4.90 Å². The second-order valence-corrected chi connectivity index (χ2v) is 4.27. The molecular weight excluding hydrogens is 220 g/mol. The maximum absolute atomic E-state index is 5.58. The number of methoxy groups -OCH3 is 1. The van der Waals surface area contributed by atoms with Crippen LogP contribution in [0.2, 0.25) is 0 Å². The van der Waals surface area contributed by atoms with Crippen LogP contribution in [0.3, 0.4) is 0 Å². The Balaban J connectivity index is 1.85. The van der Waals surface area contributed by atoms with Crippen molar-refractivity contribution in [1.29, 1.82) is 0 Å². The Morgan fingerprint density at radius 2 is 1.65 bits per heavy atom. The molecule has 0 aromatic carbocycles. The van der Waals surface area contributed by atoms with Crippen LogP contribution in [-0.2, 0) is 14.2 Å². The molecule has 0 amide bonds. The summed E-state index contributed by atoms with van der Waals surface area (Å²) in [6.07, 6.45) is 2.64. The number of nitrogens with two attached hydrogens (primary N) is 1. The number of hydrogen-bond acceptors (Lipinski definition) is 5. The number of nitrogens with zero attached hydrogens (tertiary/aromatic N) is 1. The molecule has 102 valence electrons. The van der Waals surface area contributed by atoms with Gasteiger partial charge in [-0.25, -0.2) is 0 Å². The molecular formula is C12H26N2O3. The summed E-state index contributed by atoms with van der Waals surface area (Å²) in [7, 11) is 1.67. The van der Waals surface area contributed by atoms with Crippen molar-refractivity contribution in [2.24, 2.45) is 5.73 Å². The zero-order valence-corrected chi connectivity index (χ0v) is 10.9. The number of ether oxygens (including phenoxy) is 3. The van der Waals surface area contributed by atoms with Crippen LogP contribution in [0.15, 0.2) is 0 Å². The molecule has 0 aromatic heterocycles. The van der Waals surface area contributed by atoms with Gasteiger partial charge in [-0.2, -0.15) is 0 Å². The predicted octanol–water partition coefficient (Wildman–Crippen LogP) is 0.0891. The highest BCUT2D eigenvalue weighted by atomic mass is 16.5. The Bertz CT molecular complexity index is 177. The lowest BCUT2D eigenvalue weighted by Crippen LogP contribution is -2.34. The first kappa shape index (κ1) is 14.9. The molecule has 0 radical (unpaired) electrons. The average Bonchev–Trinajstić information content (AvgIpc) is 3.15. The lowest BCUT2D eigenvalue weighted by atomic mass is 10.4. The summed E-state index contributed by atoms with van der Waals surface area (Å²) in [5, 5.41) is 0. The molecule has 0 bridgehead atoms. The van der Waals surface area contributed by atoms with Crippen LogP contribution in [0.1, 0.15) is 12.8 Å². The van der Waals surface area contributed by atoms with Crippen molar-refractivity contribution in [2.45, 2.75) is 18.9 Å². The van der Waals surface area contributed by atoms with Crippen molar-refractivity contribution in [3.63, 3.8) is 0 Å². The third-order valence-corrected chi connectivity index (χ3v) is 2.81. The maximum atomic E-state index is 5.58. The first-order chi connectivity index (χ1) is 8.38. The Morgan fingerprint density at radius 3 is 2.24 bits per heavy atom. The van der Waals surface area contributed by atoms with Gasteiger partial charge in [0.15, 0.2) is 0 Å². The highest BCUT2D eigenvalue weighted by Gasteiger charge is 2.27. The number of hydrogen-bond donors (Lipinski definition) is 1. The largest absolute Gasteiger partial charge is 0.382 e. The van der Waals surface area contributed by atoms with E-state index in [1.807, 2.05) is 0 Å². The number of rotatable bonds is 12. The summed E-state index contributed by atoms with van der Waals surface area (Å²) in [6, 6.07) is 0.764. The maximum Gasteiger partial charge on any atom is 0.0701 e. The first-order valence-electron chi connectivity index (χ1n) is 6.47. The Morgan fingerprint density at radius 1 is 1.00 bits per heavy atom. The van der Waals surface area contributed by atoms with Crippen molar-refractivity contribution in [3.8, 4) is 0 Å². The molecule has 1 rings (SSSR count). The molecule has 1 aliphatic rings. The molecule has 2 N–H and O–H groups in total. The molecule has 5 nitrogen and oxygen atoms in total. The second kappa shape index (κ2) is 9.79. The third-order valence-electron chi connectivity index (χ3n) is 2.81. The molecule has 0 aromatic rings. The molecule has 0 heterocycles.